The third-order valence-corrected chi connectivity index (χ3v) is 5.67. The predicted octanol–water partition coefficient (Wildman–Crippen LogP) is 2.52. The molecule has 1 saturated heterocycles. The first-order valence-electron chi connectivity index (χ1n) is 9.42. The lowest BCUT2D eigenvalue weighted by atomic mass is 9.78. The van der Waals surface area contributed by atoms with Gasteiger partial charge in [-0.05, 0) is 42.9 Å². The molecule has 0 bridgehead atoms. The molecule has 7 heteroatoms. The van der Waals surface area contributed by atoms with Gasteiger partial charge in [0.2, 0.25) is 0 Å². The quantitative estimate of drug-likeness (QED) is 0.874. The van der Waals surface area contributed by atoms with E-state index in [1.807, 2.05) is 24.3 Å². The van der Waals surface area contributed by atoms with Crippen LogP contribution in [0.5, 0.6) is 11.5 Å². The molecule has 148 valence electrons. The Bertz CT molecular complexity index is 862. The molecule has 4 rings (SSSR count). The van der Waals surface area contributed by atoms with Crippen molar-refractivity contribution in [3.05, 3.63) is 54.1 Å². The number of ether oxygens (including phenoxy) is 2. The Kier molecular flexibility index (Phi) is 5.17. The fraction of sp³-hybridized carbons (Fsp3) is 0.429. The fourth-order valence-corrected chi connectivity index (χ4v) is 4.27. The fourth-order valence-electron chi connectivity index (χ4n) is 4.27. The zero-order chi connectivity index (χ0) is 19.7. The molecule has 1 N–H and O–H groups in total. The predicted molar refractivity (Wildman–Crippen MR) is 99.7 cm³/mol. The zero-order valence-corrected chi connectivity index (χ0v) is 15.6. The van der Waals surface area contributed by atoms with Crippen LogP contribution in [0.1, 0.15) is 23.2 Å². The molecule has 0 radical (unpaired) electrons. The average molecular weight is 386 g/mol. The summed E-state index contributed by atoms with van der Waals surface area (Å²) < 4.78 is 24.8. The van der Waals surface area contributed by atoms with Crippen LogP contribution in [-0.4, -0.2) is 53.3 Å². The minimum atomic E-state index is -0.614. The van der Waals surface area contributed by atoms with Gasteiger partial charge in [0.25, 0.3) is 5.91 Å². The molecule has 1 aliphatic heterocycles. The van der Waals surface area contributed by atoms with Gasteiger partial charge in [-0.25, -0.2) is 4.39 Å². The number of carbonyl (C=O) groups excluding carboxylic acids is 1. The Balaban J connectivity index is 1.44. The zero-order valence-electron chi connectivity index (χ0n) is 15.6. The number of benzene rings is 1. The van der Waals surface area contributed by atoms with Crippen molar-refractivity contribution in [2.24, 2.45) is 11.8 Å². The van der Waals surface area contributed by atoms with Gasteiger partial charge < -0.3 is 19.5 Å². The van der Waals surface area contributed by atoms with E-state index in [9.17, 15) is 14.3 Å². The first-order valence-corrected chi connectivity index (χ1v) is 9.42. The largest absolute Gasteiger partial charge is 0.493 e. The highest BCUT2D eigenvalue weighted by Crippen LogP contribution is 2.39. The van der Waals surface area contributed by atoms with E-state index in [0.717, 1.165) is 6.20 Å². The number of aliphatic hydroxyl groups excluding tert-OH is 1. The number of para-hydroxylation sites is 2. The first kappa shape index (κ1) is 18.7. The summed E-state index contributed by atoms with van der Waals surface area (Å²) in [6.07, 6.45) is 2.71. The van der Waals surface area contributed by atoms with E-state index in [-0.39, 0.29) is 29.4 Å². The lowest BCUT2D eigenvalue weighted by molar-refractivity contribution is -0.0240. The molecule has 1 amide bonds. The molecule has 6 nitrogen and oxygen atoms in total. The minimum Gasteiger partial charge on any atom is -0.493 e. The van der Waals surface area contributed by atoms with E-state index in [0.29, 0.717) is 37.4 Å². The van der Waals surface area contributed by atoms with Crippen LogP contribution in [0.4, 0.5) is 4.39 Å². The highest BCUT2D eigenvalue weighted by Gasteiger charge is 2.44. The smallest absolute Gasteiger partial charge is 0.255 e. The number of aromatic nitrogens is 1. The Morgan fingerprint density at radius 3 is 2.61 bits per heavy atom. The van der Waals surface area contributed by atoms with Gasteiger partial charge in [-0.3, -0.25) is 9.78 Å². The maximum absolute atomic E-state index is 13.4. The summed E-state index contributed by atoms with van der Waals surface area (Å²) in [4.78, 5) is 18.2. The number of fused-ring (bicyclic) bond motifs is 1. The third kappa shape index (κ3) is 3.67. The Morgan fingerprint density at radius 1 is 1.18 bits per heavy atom. The number of carbonyl (C=O) groups is 1. The van der Waals surface area contributed by atoms with E-state index in [1.54, 1.807) is 12.0 Å². The molecule has 2 aromatic rings. The highest BCUT2D eigenvalue weighted by molar-refractivity contribution is 5.94. The molecule has 28 heavy (non-hydrogen) atoms. The lowest BCUT2D eigenvalue weighted by Crippen LogP contribution is -2.42. The van der Waals surface area contributed by atoms with E-state index < -0.39 is 11.9 Å². The molecule has 1 aromatic heterocycles. The number of hydrogen-bond acceptors (Lipinski definition) is 5. The maximum atomic E-state index is 13.4. The van der Waals surface area contributed by atoms with Gasteiger partial charge in [0.05, 0.1) is 25.0 Å². The van der Waals surface area contributed by atoms with Crippen molar-refractivity contribution in [2.75, 3.05) is 20.2 Å². The summed E-state index contributed by atoms with van der Waals surface area (Å²) >= 11 is 0. The normalized spacial score (nSPS) is 26.6. The Labute approximate surface area is 162 Å². The van der Waals surface area contributed by atoms with Crippen molar-refractivity contribution in [3.8, 4) is 11.5 Å². The number of methoxy groups -OCH3 is 1. The van der Waals surface area contributed by atoms with Crippen LogP contribution in [0.2, 0.25) is 0 Å². The number of pyridine rings is 1. The van der Waals surface area contributed by atoms with Gasteiger partial charge in [-0.1, -0.05) is 12.1 Å². The third-order valence-electron chi connectivity index (χ3n) is 5.67. The molecule has 1 aromatic carbocycles. The Hall–Kier alpha value is -2.67. The lowest BCUT2D eigenvalue weighted by Gasteiger charge is -2.35. The molecule has 2 heterocycles. The molecular formula is C21H23FN2O4. The summed E-state index contributed by atoms with van der Waals surface area (Å²) in [5, 5.41) is 10.6. The highest BCUT2D eigenvalue weighted by atomic mass is 19.1. The SMILES string of the molecule is COc1ccccc1O[C@@H]1C[C@@H]2CN(C(=O)c3cncc(F)c3)C[C@@H]2C[C@H]1O. The monoisotopic (exact) mass is 386 g/mol. The van der Waals surface area contributed by atoms with Gasteiger partial charge >= 0.3 is 0 Å². The maximum Gasteiger partial charge on any atom is 0.255 e. The standard InChI is InChI=1S/C21H23FN2O4/c1-27-18-4-2-3-5-19(18)28-20-8-15-12-24(11-14(15)7-17(20)25)21(26)13-6-16(22)10-23-9-13/h2-6,9-10,14-15,17,20,25H,7-8,11-12H2,1H3/t14-,15+,17+,20+/m0/s1. The summed E-state index contributed by atoms with van der Waals surface area (Å²) in [6, 6.07) is 8.56. The van der Waals surface area contributed by atoms with Crippen molar-refractivity contribution in [1.82, 2.24) is 9.88 Å². The van der Waals surface area contributed by atoms with Crippen LogP contribution in [0.15, 0.2) is 42.7 Å². The second-order valence-electron chi connectivity index (χ2n) is 7.47. The minimum absolute atomic E-state index is 0.206. The van der Waals surface area contributed by atoms with Crippen LogP contribution in [0.25, 0.3) is 0 Å². The molecule has 0 unspecified atom stereocenters. The van der Waals surface area contributed by atoms with Crippen LogP contribution in [-0.2, 0) is 0 Å². The molecule has 4 atom stereocenters. The van der Waals surface area contributed by atoms with Gasteiger partial charge in [-0.15, -0.1) is 0 Å². The number of aliphatic hydroxyl groups is 1. The Morgan fingerprint density at radius 2 is 1.89 bits per heavy atom. The summed E-state index contributed by atoms with van der Waals surface area (Å²) in [7, 11) is 1.58. The van der Waals surface area contributed by atoms with Crippen molar-refractivity contribution in [2.45, 2.75) is 25.0 Å². The van der Waals surface area contributed by atoms with Crippen LogP contribution < -0.4 is 9.47 Å². The number of hydrogen-bond donors (Lipinski definition) is 1. The topological polar surface area (TPSA) is 71.9 Å². The number of amides is 1. The molecule has 2 fully saturated rings. The molecule has 0 spiro atoms. The van der Waals surface area contributed by atoms with E-state index in [4.69, 9.17) is 9.47 Å². The van der Waals surface area contributed by atoms with E-state index >= 15 is 0 Å². The number of likely N-dealkylation sites (tertiary alicyclic amines) is 1. The number of rotatable bonds is 4. The summed E-state index contributed by atoms with van der Waals surface area (Å²) in [5.74, 6) is 0.913. The van der Waals surface area contributed by atoms with E-state index in [1.165, 1.54) is 12.3 Å². The van der Waals surface area contributed by atoms with Gasteiger partial charge in [-0.2, -0.15) is 0 Å². The van der Waals surface area contributed by atoms with Gasteiger partial charge in [0.15, 0.2) is 11.5 Å². The second kappa shape index (κ2) is 7.75. The number of nitrogens with zero attached hydrogens (tertiary/aromatic N) is 2. The van der Waals surface area contributed by atoms with Crippen molar-refractivity contribution < 1.29 is 23.8 Å². The van der Waals surface area contributed by atoms with Crippen LogP contribution in [0.3, 0.4) is 0 Å². The van der Waals surface area contributed by atoms with Gasteiger partial charge in [0, 0.05) is 19.3 Å². The first-order chi connectivity index (χ1) is 13.5. The van der Waals surface area contributed by atoms with Crippen molar-refractivity contribution in [1.29, 1.82) is 0 Å². The summed E-state index contributed by atoms with van der Waals surface area (Å²) in [6.45, 7) is 1.12. The average Bonchev–Trinajstić information content (AvgIpc) is 3.10. The van der Waals surface area contributed by atoms with E-state index in [2.05, 4.69) is 4.98 Å². The van der Waals surface area contributed by atoms with Crippen molar-refractivity contribution >= 4 is 5.91 Å². The van der Waals surface area contributed by atoms with Gasteiger partial charge in [0.1, 0.15) is 11.9 Å². The summed E-state index contributed by atoms with van der Waals surface area (Å²) in [5.41, 5.74) is 0.251. The van der Waals surface area contributed by atoms with Crippen molar-refractivity contribution in [3.63, 3.8) is 0 Å². The molecule has 1 aliphatic carbocycles. The van der Waals surface area contributed by atoms with Crippen LogP contribution >= 0.6 is 0 Å². The number of halogens is 1. The molecule has 2 aliphatic rings. The van der Waals surface area contributed by atoms with Crippen LogP contribution in [0, 0.1) is 17.7 Å². The molecule has 1 saturated carbocycles. The second-order valence-corrected chi connectivity index (χ2v) is 7.47. The molecular weight excluding hydrogens is 363 g/mol.